The SMILES string of the molecule is O=[N+]([O-])c1ccc(S(=O)(=O)Oc2ccc(/C=N\Nc3ccc([N+](=O)[O-])cn3)cc2)cc1. The van der Waals surface area contributed by atoms with E-state index in [0.29, 0.717) is 11.4 Å². The van der Waals surface area contributed by atoms with Crippen LogP contribution in [-0.4, -0.2) is 29.5 Å². The lowest BCUT2D eigenvalue weighted by Crippen LogP contribution is -2.09. The molecule has 0 aliphatic heterocycles. The molecule has 0 aliphatic rings. The largest absolute Gasteiger partial charge is 0.379 e. The monoisotopic (exact) mass is 443 g/mol. The zero-order valence-corrected chi connectivity index (χ0v) is 16.3. The van der Waals surface area contributed by atoms with Crippen molar-refractivity contribution in [2.75, 3.05) is 5.43 Å². The Morgan fingerprint density at radius 3 is 2.06 bits per heavy atom. The number of nitro groups is 2. The fourth-order valence-electron chi connectivity index (χ4n) is 2.25. The van der Waals surface area contributed by atoms with E-state index in [9.17, 15) is 28.6 Å². The Morgan fingerprint density at radius 1 is 0.903 bits per heavy atom. The minimum atomic E-state index is -4.16. The molecule has 3 aromatic rings. The van der Waals surface area contributed by atoms with Crippen LogP contribution < -0.4 is 9.61 Å². The van der Waals surface area contributed by atoms with E-state index in [1.54, 1.807) is 12.1 Å². The number of benzene rings is 2. The molecule has 0 aliphatic carbocycles. The Balaban J connectivity index is 1.62. The molecule has 0 amide bonds. The molecule has 0 spiro atoms. The van der Waals surface area contributed by atoms with Crippen LogP contribution >= 0.6 is 0 Å². The maximum Gasteiger partial charge on any atom is 0.339 e. The maximum absolute atomic E-state index is 12.3. The number of pyridine rings is 1. The second-order valence-corrected chi connectivity index (χ2v) is 7.43. The highest BCUT2D eigenvalue weighted by Crippen LogP contribution is 2.21. The molecule has 0 bridgehead atoms. The van der Waals surface area contributed by atoms with E-state index in [4.69, 9.17) is 4.18 Å². The van der Waals surface area contributed by atoms with E-state index in [2.05, 4.69) is 15.5 Å². The zero-order valence-electron chi connectivity index (χ0n) is 15.5. The molecule has 2 aromatic carbocycles. The second-order valence-electron chi connectivity index (χ2n) is 5.89. The Morgan fingerprint density at radius 2 is 1.52 bits per heavy atom. The minimum Gasteiger partial charge on any atom is -0.379 e. The summed E-state index contributed by atoms with van der Waals surface area (Å²) in [6.45, 7) is 0. The van der Waals surface area contributed by atoms with Crippen molar-refractivity contribution in [1.29, 1.82) is 0 Å². The summed E-state index contributed by atoms with van der Waals surface area (Å²) in [7, 11) is -4.16. The van der Waals surface area contributed by atoms with Gasteiger partial charge in [0, 0.05) is 18.2 Å². The van der Waals surface area contributed by atoms with Crippen molar-refractivity contribution in [2.24, 2.45) is 5.10 Å². The van der Waals surface area contributed by atoms with Gasteiger partial charge in [0.15, 0.2) is 0 Å². The smallest absolute Gasteiger partial charge is 0.339 e. The number of hydrogen-bond donors (Lipinski definition) is 1. The van der Waals surface area contributed by atoms with Crippen molar-refractivity contribution in [3.63, 3.8) is 0 Å². The number of hydrogen-bond acceptors (Lipinski definition) is 10. The number of nitrogens with zero attached hydrogens (tertiary/aromatic N) is 4. The van der Waals surface area contributed by atoms with Gasteiger partial charge in [0.1, 0.15) is 22.7 Å². The van der Waals surface area contributed by atoms with Gasteiger partial charge in [-0.15, -0.1) is 0 Å². The summed E-state index contributed by atoms with van der Waals surface area (Å²) in [4.78, 5) is 23.7. The lowest BCUT2D eigenvalue weighted by molar-refractivity contribution is -0.385. The number of non-ortho nitro benzene ring substituents is 1. The standard InChI is InChI=1S/C18H13N5O7S/c24-22(25)14-3-8-17(9-4-14)31(28,29)30-16-6-1-13(2-7-16)11-20-21-18-10-5-15(12-19-18)23(26)27/h1-12H,(H,19,21)/b20-11-. The molecule has 1 aromatic heterocycles. The van der Waals surface area contributed by atoms with Crippen LogP contribution in [0, 0.1) is 20.2 Å². The fraction of sp³-hybridized carbons (Fsp3) is 0. The molecule has 0 radical (unpaired) electrons. The van der Waals surface area contributed by atoms with Crippen molar-refractivity contribution in [2.45, 2.75) is 4.90 Å². The molecule has 3 rings (SSSR count). The Hall–Kier alpha value is -4.39. The predicted molar refractivity (Wildman–Crippen MR) is 109 cm³/mol. The molecule has 158 valence electrons. The van der Waals surface area contributed by atoms with Gasteiger partial charge in [-0.25, -0.2) is 4.98 Å². The van der Waals surface area contributed by atoms with Crippen LogP contribution in [0.25, 0.3) is 0 Å². The number of nitro benzene ring substituents is 1. The van der Waals surface area contributed by atoms with E-state index in [-0.39, 0.29) is 22.0 Å². The summed E-state index contributed by atoms with van der Waals surface area (Å²) < 4.78 is 29.6. The molecule has 0 saturated heterocycles. The van der Waals surface area contributed by atoms with Gasteiger partial charge in [-0.2, -0.15) is 13.5 Å². The lowest BCUT2D eigenvalue weighted by atomic mass is 10.2. The quantitative estimate of drug-likeness (QED) is 0.238. The average Bonchev–Trinajstić information content (AvgIpc) is 2.75. The fourth-order valence-corrected chi connectivity index (χ4v) is 3.18. The van der Waals surface area contributed by atoms with Crippen LogP contribution in [0.15, 0.2) is 76.9 Å². The molecule has 1 heterocycles. The molecule has 12 nitrogen and oxygen atoms in total. The highest BCUT2D eigenvalue weighted by Gasteiger charge is 2.18. The van der Waals surface area contributed by atoms with Crippen LogP contribution in [0.2, 0.25) is 0 Å². The molecular formula is C18H13N5O7S. The van der Waals surface area contributed by atoms with Crippen LogP contribution in [-0.2, 0) is 10.1 Å². The van der Waals surface area contributed by atoms with Crippen molar-refractivity contribution in [1.82, 2.24) is 4.98 Å². The number of rotatable bonds is 8. The van der Waals surface area contributed by atoms with Crippen LogP contribution in [0.3, 0.4) is 0 Å². The normalized spacial score (nSPS) is 11.2. The van der Waals surface area contributed by atoms with Gasteiger partial charge >= 0.3 is 10.1 Å². The summed E-state index contributed by atoms with van der Waals surface area (Å²) >= 11 is 0. The van der Waals surface area contributed by atoms with Crippen LogP contribution in [0.5, 0.6) is 5.75 Å². The third-order valence-electron chi connectivity index (χ3n) is 3.77. The Labute approximate surface area is 175 Å². The first kappa shape index (κ1) is 21.3. The van der Waals surface area contributed by atoms with Crippen LogP contribution in [0.4, 0.5) is 17.2 Å². The number of aromatic nitrogens is 1. The second kappa shape index (κ2) is 8.96. The molecule has 0 saturated carbocycles. The third-order valence-corrected chi connectivity index (χ3v) is 5.04. The summed E-state index contributed by atoms with van der Waals surface area (Å²) in [6, 6.07) is 12.9. The molecule has 31 heavy (non-hydrogen) atoms. The van der Waals surface area contributed by atoms with Gasteiger partial charge in [-0.1, -0.05) is 0 Å². The van der Waals surface area contributed by atoms with E-state index in [1.807, 2.05) is 0 Å². The maximum atomic E-state index is 12.3. The number of anilines is 1. The van der Waals surface area contributed by atoms with E-state index < -0.39 is 20.0 Å². The number of nitrogens with one attached hydrogen (secondary N) is 1. The minimum absolute atomic E-state index is 0.0421. The van der Waals surface area contributed by atoms with Gasteiger partial charge in [0.2, 0.25) is 0 Å². The molecule has 13 heteroatoms. The highest BCUT2D eigenvalue weighted by atomic mass is 32.2. The summed E-state index contributed by atoms with van der Waals surface area (Å²) in [5.41, 5.74) is 2.83. The zero-order chi connectivity index (χ0) is 22.4. The van der Waals surface area contributed by atoms with E-state index in [1.165, 1.54) is 30.5 Å². The predicted octanol–water partition coefficient (Wildman–Crippen LogP) is 3.11. The van der Waals surface area contributed by atoms with Crippen LogP contribution in [0.1, 0.15) is 5.56 Å². The molecule has 0 fully saturated rings. The van der Waals surface area contributed by atoms with Gasteiger partial charge in [-0.3, -0.25) is 25.7 Å². The summed E-state index contributed by atoms with van der Waals surface area (Å²) in [5.74, 6) is 0.344. The van der Waals surface area contributed by atoms with Crippen molar-refractivity contribution < 1.29 is 22.4 Å². The first-order chi connectivity index (χ1) is 14.7. The first-order valence-corrected chi connectivity index (χ1v) is 9.84. The average molecular weight is 443 g/mol. The Kier molecular flexibility index (Phi) is 6.16. The number of hydrazone groups is 1. The van der Waals surface area contributed by atoms with E-state index >= 15 is 0 Å². The molecule has 1 N–H and O–H groups in total. The highest BCUT2D eigenvalue weighted by molar-refractivity contribution is 7.87. The van der Waals surface area contributed by atoms with Crippen molar-refractivity contribution >= 4 is 33.5 Å². The van der Waals surface area contributed by atoms with Crippen molar-refractivity contribution in [3.8, 4) is 5.75 Å². The van der Waals surface area contributed by atoms with Crippen molar-refractivity contribution in [3.05, 3.63) is 92.7 Å². The Bertz CT molecular complexity index is 1230. The lowest BCUT2D eigenvalue weighted by Gasteiger charge is -2.07. The van der Waals surface area contributed by atoms with E-state index in [0.717, 1.165) is 30.5 Å². The summed E-state index contributed by atoms with van der Waals surface area (Å²) in [5, 5.41) is 25.2. The van der Waals surface area contributed by atoms with Gasteiger partial charge in [-0.05, 0) is 48.0 Å². The van der Waals surface area contributed by atoms with Gasteiger partial charge in [0.25, 0.3) is 11.4 Å². The molecular weight excluding hydrogens is 430 g/mol. The first-order valence-electron chi connectivity index (χ1n) is 8.43. The molecule has 0 unspecified atom stereocenters. The van der Waals surface area contributed by atoms with Gasteiger partial charge in [0.05, 0.1) is 16.1 Å². The van der Waals surface area contributed by atoms with Gasteiger partial charge < -0.3 is 4.18 Å². The summed E-state index contributed by atoms with van der Waals surface area (Å²) in [6.07, 6.45) is 2.52. The molecule has 0 atom stereocenters. The topological polar surface area (TPSA) is 167 Å². The third kappa shape index (κ3) is 5.57.